The predicted molar refractivity (Wildman–Crippen MR) is 77.1 cm³/mol. The first-order valence-corrected chi connectivity index (χ1v) is 7.11. The maximum absolute atomic E-state index is 11.8. The molecule has 3 N–H and O–H groups in total. The highest BCUT2D eigenvalue weighted by Gasteiger charge is 2.19. The minimum absolute atomic E-state index is 0.0604. The number of rotatable bonds is 3. The standard InChI is InChI=1S/C13H19N3OS/c1-9(2)15-13(17)8-16-5-6-18-12-4-3-10(14)7-11(12)16/h3-4,7,9H,5-6,8,14H2,1-2H3,(H,15,17). The van der Waals surface area contributed by atoms with E-state index in [1.54, 1.807) is 0 Å². The molecule has 18 heavy (non-hydrogen) atoms. The van der Waals surface area contributed by atoms with Crippen molar-refractivity contribution in [1.29, 1.82) is 0 Å². The topological polar surface area (TPSA) is 58.4 Å². The van der Waals surface area contributed by atoms with Gasteiger partial charge in [-0.15, -0.1) is 11.8 Å². The molecule has 1 aliphatic heterocycles. The molecule has 1 aromatic carbocycles. The van der Waals surface area contributed by atoms with Crippen LogP contribution in [-0.4, -0.2) is 30.8 Å². The number of amides is 1. The maximum atomic E-state index is 11.8. The second-order valence-electron chi connectivity index (χ2n) is 4.72. The molecule has 0 aromatic heterocycles. The van der Waals surface area contributed by atoms with Gasteiger partial charge >= 0.3 is 0 Å². The van der Waals surface area contributed by atoms with Gasteiger partial charge in [-0.25, -0.2) is 0 Å². The van der Waals surface area contributed by atoms with Gasteiger partial charge in [0.25, 0.3) is 0 Å². The second-order valence-corrected chi connectivity index (χ2v) is 5.86. The number of thioether (sulfide) groups is 1. The van der Waals surface area contributed by atoms with Gasteiger partial charge in [0.2, 0.25) is 5.91 Å². The van der Waals surface area contributed by atoms with Crippen molar-refractivity contribution in [2.75, 3.05) is 29.5 Å². The van der Waals surface area contributed by atoms with Crippen LogP contribution in [0.4, 0.5) is 11.4 Å². The second kappa shape index (κ2) is 5.52. The molecule has 5 heteroatoms. The van der Waals surface area contributed by atoms with Gasteiger partial charge in [0.15, 0.2) is 0 Å². The van der Waals surface area contributed by atoms with Crippen LogP contribution in [0, 0.1) is 0 Å². The van der Waals surface area contributed by atoms with E-state index in [4.69, 9.17) is 5.73 Å². The zero-order valence-corrected chi connectivity index (χ0v) is 11.6. The number of hydrogen-bond acceptors (Lipinski definition) is 4. The summed E-state index contributed by atoms with van der Waals surface area (Å²) in [5.41, 5.74) is 7.63. The number of fused-ring (bicyclic) bond motifs is 1. The Hall–Kier alpha value is -1.36. The number of nitrogen functional groups attached to an aromatic ring is 1. The Kier molecular flexibility index (Phi) is 4.01. The average molecular weight is 265 g/mol. The highest BCUT2D eigenvalue weighted by atomic mass is 32.2. The van der Waals surface area contributed by atoms with E-state index in [2.05, 4.69) is 10.2 Å². The number of carbonyl (C=O) groups is 1. The van der Waals surface area contributed by atoms with E-state index >= 15 is 0 Å². The number of anilines is 2. The van der Waals surface area contributed by atoms with E-state index in [1.165, 1.54) is 4.90 Å². The molecule has 98 valence electrons. The molecule has 0 unspecified atom stereocenters. The van der Waals surface area contributed by atoms with E-state index < -0.39 is 0 Å². The highest BCUT2D eigenvalue weighted by molar-refractivity contribution is 7.99. The van der Waals surface area contributed by atoms with Gasteiger partial charge in [-0.3, -0.25) is 4.79 Å². The quantitative estimate of drug-likeness (QED) is 0.817. The molecule has 1 amide bonds. The SMILES string of the molecule is CC(C)NC(=O)CN1CCSc2ccc(N)cc21. The summed E-state index contributed by atoms with van der Waals surface area (Å²) in [5.74, 6) is 1.07. The molecule has 0 radical (unpaired) electrons. The van der Waals surface area contributed by atoms with Gasteiger partial charge in [-0.1, -0.05) is 0 Å². The largest absolute Gasteiger partial charge is 0.399 e. The molecule has 1 heterocycles. The molecule has 4 nitrogen and oxygen atoms in total. The van der Waals surface area contributed by atoms with Crippen molar-refractivity contribution in [3.05, 3.63) is 18.2 Å². The van der Waals surface area contributed by atoms with Gasteiger partial charge in [0.1, 0.15) is 0 Å². The molecule has 2 rings (SSSR count). The lowest BCUT2D eigenvalue weighted by atomic mass is 10.2. The summed E-state index contributed by atoms with van der Waals surface area (Å²) in [6.07, 6.45) is 0. The first kappa shape index (κ1) is 13.1. The summed E-state index contributed by atoms with van der Waals surface area (Å²) in [7, 11) is 0. The number of nitrogens with one attached hydrogen (secondary N) is 1. The molecular weight excluding hydrogens is 246 g/mol. The zero-order chi connectivity index (χ0) is 13.1. The molecule has 0 aliphatic carbocycles. The first-order valence-electron chi connectivity index (χ1n) is 6.13. The summed E-state index contributed by atoms with van der Waals surface area (Å²) < 4.78 is 0. The molecule has 0 spiro atoms. The van der Waals surface area contributed by atoms with Crippen molar-refractivity contribution in [2.24, 2.45) is 0 Å². The van der Waals surface area contributed by atoms with Crippen LogP contribution in [0.1, 0.15) is 13.8 Å². The van der Waals surface area contributed by atoms with Crippen molar-refractivity contribution < 1.29 is 4.79 Å². The van der Waals surface area contributed by atoms with Crippen LogP contribution in [0.2, 0.25) is 0 Å². The molecule has 0 fully saturated rings. The summed E-state index contributed by atoms with van der Waals surface area (Å²) in [4.78, 5) is 15.1. The molecule has 0 atom stereocenters. The van der Waals surface area contributed by atoms with E-state index in [0.29, 0.717) is 6.54 Å². The molecule has 1 aliphatic rings. The van der Waals surface area contributed by atoms with Gasteiger partial charge in [0, 0.05) is 28.9 Å². The first-order chi connectivity index (χ1) is 8.56. The maximum Gasteiger partial charge on any atom is 0.239 e. The summed E-state index contributed by atoms with van der Waals surface area (Å²) in [5, 5.41) is 2.92. The van der Waals surface area contributed by atoms with Crippen molar-refractivity contribution in [2.45, 2.75) is 24.8 Å². The molecule has 1 aromatic rings. The average Bonchev–Trinajstić information content (AvgIpc) is 2.28. The molecule has 0 bridgehead atoms. The predicted octanol–water partition coefficient (Wildman–Crippen LogP) is 1.71. The number of hydrogen-bond donors (Lipinski definition) is 2. The third kappa shape index (κ3) is 3.10. The van der Waals surface area contributed by atoms with Gasteiger partial charge < -0.3 is 16.0 Å². The van der Waals surface area contributed by atoms with Crippen LogP contribution in [0.5, 0.6) is 0 Å². The number of nitrogens with zero attached hydrogens (tertiary/aromatic N) is 1. The fraction of sp³-hybridized carbons (Fsp3) is 0.462. The third-order valence-corrected chi connectivity index (χ3v) is 3.77. The minimum atomic E-state index is 0.0604. The van der Waals surface area contributed by atoms with Crippen molar-refractivity contribution in [3.63, 3.8) is 0 Å². The van der Waals surface area contributed by atoms with Gasteiger partial charge in [-0.2, -0.15) is 0 Å². The highest BCUT2D eigenvalue weighted by Crippen LogP contribution is 2.35. The van der Waals surface area contributed by atoms with Crippen LogP contribution in [0.15, 0.2) is 23.1 Å². The number of carbonyl (C=O) groups excluding carboxylic acids is 1. The van der Waals surface area contributed by atoms with Crippen molar-refractivity contribution in [3.8, 4) is 0 Å². The number of nitrogens with two attached hydrogens (primary N) is 1. The van der Waals surface area contributed by atoms with Crippen molar-refractivity contribution >= 4 is 29.0 Å². The Labute approximate surface area is 112 Å². The lowest BCUT2D eigenvalue weighted by molar-refractivity contribution is -0.120. The fourth-order valence-electron chi connectivity index (χ4n) is 2.00. The fourth-order valence-corrected chi connectivity index (χ4v) is 3.03. The third-order valence-electron chi connectivity index (χ3n) is 2.73. The van der Waals surface area contributed by atoms with Crippen LogP contribution in [0.25, 0.3) is 0 Å². The summed E-state index contributed by atoms with van der Waals surface area (Å²) in [6, 6.07) is 6.06. The summed E-state index contributed by atoms with van der Waals surface area (Å²) in [6.45, 7) is 5.22. The monoisotopic (exact) mass is 265 g/mol. The van der Waals surface area contributed by atoms with E-state index in [9.17, 15) is 4.79 Å². The Morgan fingerprint density at radius 1 is 1.56 bits per heavy atom. The molecular formula is C13H19N3OS. The Morgan fingerprint density at radius 2 is 2.33 bits per heavy atom. The normalized spacial score (nSPS) is 14.5. The minimum Gasteiger partial charge on any atom is -0.399 e. The lowest BCUT2D eigenvalue weighted by Crippen LogP contribution is -2.42. The smallest absolute Gasteiger partial charge is 0.239 e. The Morgan fingerprint density at radius 3 is 3.06 bits per heavy atom. The van der Waals surface area contributed by atoms with Crippen LogP contribution in [0.3, 0.4) is 0 Å². The van der Waals surface area contributed by atoms with E-state index in [1.807, 2.05) is 43.8 Å². The zero-order valence-electron chi connectivity index (χ0n) is 10.8. The van der Waals surface area contributed by atoms with E-state index in [-0.39, 0.29) is 11.9 Å². The van der Waals surface area contributed by atoms with Crippen LogP contribution in [-0.2, 0) is 4.79 Å². The van der Waals surface area contributed by atoms with Crippen LogP contribution >= 0.6 is 11.8 Å². The lowest BCUT2D eigenvalue weighted by Gasteiger charge is -2.30. The van der Waals surface area contributed by atoms with Gasteiger partial charge in [-0.05, 0) is 32.0 Å². The molecule has 0 saturated heterocycles. The van der Waals surface area contributed by atoms with Gasteiger partial charge in [0.05, 0.1) is 12.2 Å². The Balaban J connectivity index is 2.12. The molecule has 0 saturated carbocycles. The number of benzene rings is 1. The van der Waals surface area contributed by atoms with Crippen molar-refractivity contribution in [1.82, 2.24) is 5.32 Å². The Bertz CT molecular complexity index is 448. The van der Waals surface area contributed by atoms with E-state index in [0.717, 1.165) is 23.7 Å². The van der Waals surface area contributed by atoms with Crippen LogP contribution < -0.4 is 16.0 Å². The summed E-state index contributed by atoms with van der Waals surface area (Å²) >= 11 is 1.81.